The second-order valence-corrected chi connectivity index (χ2v) is 7.14. The molecule has 0 fully saturated rings. The number of benzene rings is 1. The van der Waals surface area contributed by atoms with Crippen LogP contribution in [-0.2, 0) is 10.3 Å². The summed E-state index contributed by atoms with van der Waals surface area (Å²) >= 11 is 3.08. The summed E-state index contributed by atoms with van der Waals surface area (Å²) in [5.41, 5.74) is -1.78. The summed E-state index contributed by atoms with van der Waals surface area (Å²) in [5, 5.41) is 2.22. The average Bonchev–Trinajstić information content (AvgIpc) is 2.63. The largest absolute Gasteiger partial charge is 0.452 e. The van der Waals surface area contributed by atoms with Crippen LogP contribution in [0.1, 0.15) is 29.4 Å². The Morgan fingerprint density at radius 3 is 2.57 bits per heavy atom. The van der Waals surface area contributed by atoms with Crippen molar-refractivity contribution < 1.29 is 27.1 Å². The quantitative estimate of drug-likeness (QED) is 0.536. The predicted octanol–water partition coefficient (Wildman–Crippen LogP) is 4.34. The van der Waals surface area contributed by atoms with Gasteiger partial charge in [0.2, 0.25) is 0 Å². The maximum Gasteiger partial charge on any atom is 0.425 e. The number of amidine groups is 1. The molecule has 1 amide bonds. The molecule has 0 spiro atoms. The monoisotopic (exact) mass is 459 g/mol. The Balaban J connectivity index is 2.00. The number of pyridine rings is 1. The number of nitrogens with one attached hydrogen (secondary N) is 1. The lowest BCUT2D eigenvalue weighted by Crippen LogP contribution is -2.49. The van der Waals surface area contributed by atoms with E-state index in [-0.39, 0.29) is 15.9 Å². The Hall–Kier alpha value is -2.49. The van der Waals surface area contributed by atoms with Gasteiger partial charge in [0.15, 0.2) is 6.10 Å². The number of nitrogens with zero attached hydrogens (tertiary/aromatic N) is 2. The maximum atomic E-state index is 14.3. The van der Waals surface area contributed by atoms with Crippen molar-refractivity contribution in [2.45, 2.75) is 31.2 Å². The fraction of sp³-hybridized carbons (Fsp3) is 0.278. The lowest BCUT2D eigenvalue weighted by atomic mass is 9.89. The van der Waals surface area contributed by atoms with Crippen molar-refractivity contribution in [1.82, 2.24) is 10.3 Å². The van der Waals surface area contributed by atoms with E-state index >= 15 is 0 Å². The summed E-state index contributed by atoms with van der Waals surface area (Å²) in [5.74, 6) is -1.52. The third kappa shape index (κ3) is 4.32. The van der Waals surface area contributed by atoms with E-state index in [9.17, 15) is 22.4 Å². The van der Waals surface area contributed by atoms with E-state index in [4.69, 9.17) is 4.74 Å². The van der Waals surface area contributed by atoms with E-state index in [0.29, 0.717) is 0 Å². The van der Waals surface area contributed by atoms with Gasteiger partial charge >= 0.3 is 6.18 Å². The molecule has 1 aliphatic rings. The van der Waals surface area contributed by atoms with Crippen LogP contribution in [0.25, 0.3) is 0 Å². The second kappa shape index (κ2) is 7.50. The topological polar surface area (TPSA) is 63.6 Å². The summed E-state index contributed by atoms with van der Waals surface area (Å²) < 4.78 is 59.6. The summed E-state index contributed by atoms with van der Waals surface area (Å²) in [6, 6.07) is 9.60. The molecule has 0 radical (unpaired) electrons. The molecule has 0 unspecified atom stereocenters. The van der Waals surface area contributed by atoms with Gasteiger partial charge < -0.3 is 4.74 Å². The van der Waals surface area contributed by atoms with E-state index < -0.39 is 42.0 Å². The van der Waals surface area contributed by atoms with E-state index in [2.05, 4.69) is 31.2 Å². The molecule has 28 heavy (non-hydrogen) atoms. The number of amides is 1. The Kier molecular flexibility index (Phi) is 5.42. The van der Waals surface area contributed by atoms with Gasteiger partial charge in [0, 0.05) is 12.0 Å². The van der Waals surface area contributed by atoms with Crippen molar-refractivity contribution in [3.05, 3.63) is 64.1 Å². The first-order chi connectivity index (χ1) is 13.1. The van der Waals surface area contributed by atoms with Crippen LogP contribution in [0, 0.1) is 5.82 Å². The summed E-state index contributed by atoms with van der Waals surface area (Å²) in [6.07, 6.45) is -7.73. The fourth-order valence-electron chi connectivity index (χ4n) is 2.78. The minimum Gasteiger partial charge on any atom is -0.452 e. The molecule has 1 aliphatic heterocycles. The van der Waals surface area contributed by atoms with E-state index in [0.717, 1.165) is 6.07 Å². The molecule has 10 heteroatoms. The van der Waals surface area contributed by atoms with E-state index in [1.165, 1.54) is 25.1 Å². The number of aromatic nitrogens is 1. The van der Waals surface area contributed by atoms with Crippen LogP contribution in [0.15, 0.2) is 52.1 Å². The van der Waals surface area contributed by atoms with Crippen molar-refractivity contribution in [3.8, 4) is 0 Å². The normalized spacial score (nSPS) is 22.2. The number of hydrogen-bond acceptors (Lipinski definition) is 4. The minimum atomic E-state index is -4.75. The minimum absolute atomic E-state index is 0.205. The zero-order chi connectivity index (χ0) is 20.5. The van der Waals surface area contributed by atoms with Crippen molar-refractivity contribution in [3.63, 3.8) is 0 Å². The molecular formula is C18H14BrF4N3O2. The second-order valence-electron chi connectivity index (χ2n) is 6.33. The molecular weight excluding hydrogens is 446 g/mol. The number of halogens is 5. The summed E-state index contributed by atoms with van der Waals surface area (Å²) in [7, 11) is 0. The van der Waals surface area contributed by atoms with Crippen LogP contribution in [-0.4, -0.2) is 29.2 Å². The number of ether oxygens (including phenoxy) is 1. The molecule has 1 aromatic carbocycles. The van der Waals surface area contributed by atoms with Gasteiger partial charge in [-0.05, 0) is 47.1 Å². The Labute approximate surface area is 166 Å². The first kappa shape index (κ1) is 20.2. The van der Waals surface area contributed by atoms with Crippen LogP contribution < -0.4 is 5.32 Å². The Morgan fingerprint density at radius 1 is 1.25 bits per heavy atom. The average molecular weight is 460 g/mol. The van der Waals surface area contributed by atoms with Crippen LogP contribution >= 0.6 is 15.9 Å². The van der Waals surface area contributed by atoms with Crippen LogP contribution in [0.4, 0.5) is 17.6 Å². The number of aliphatic imine (C=N–C) groups is 1. The third-order valence-electron chi connectivity index (χ3n) is 4.13. The molecule has 0 bridgehead atoms. The number of carbonyl (C=O) groups is 1. The van der Waals surface area contributed by atoms with E-state index in [1.807, 2.05) is 0 Å². The zero-order valence-corrected chi connectivity index (χ0v) is 16.0. The van der Waals surface area contributed by atoms with Crippen molar-refractivity contribution >= 4 is 27.9 Å². The zero-order valence-electron chi connectivity index (χ0n) is 14.4. The summed E-state index contributed by atoms with van der Waals surface area (Å²) in [4.78, 5) is 20.3. The van der Waals surface area contributed by atoms with Gasteiger partial charge in [-0.2, -0.15) is 13.2 Å². The molecule has 2 heterocycles. The number of alkyl halides is 3. The van der Waals surface area contributed by atoms with Gasteiger partial charge in [0.25, 0.3) is 11.9 Å². The highest BCUT2D eigenvalue weighted by molar-refractivity contribution is 9.10. The van der Waals surface area contributed by atoms with Crippen molar-refractivity contribution in [2.75, 3.05) is 0 Å². The van der Waals surface area contributed by atoms with Gasteiger partial charge in [-0.3, -0.25) is 10.1 Å². The number of rotatable bonds is 2. The summed E-state index contributed by atoms with van der Waals surface area (Å²) in [6.45, 7) is 1.31. The lowest BCUT2D eigenvalue weighted by molar-refractivity contribution is -0.208. The van der Waals surface area contributed by atoms with Gasteiger partial charge in [-0.15, -0.1) is 0 Å². The smallest absolute Gasteiger partial charge is 0.425 e. The SMILES string of the molecule is C[C@@]1(c2nc(Br)ccc2F)C[C@@H](C(F)(F)F)OC(NC(=O)c2ccccc2)=N1. The highest BCUT2D eigenvalue weighted by atomic mass is 79.9. The van der Waals surface area contributed by atoms with Gasteiger partial charge in [-0.1, -0.05) is 18.2 Å². The van der Waals surface area contributed by atoms with Crippen molar-refractivity contribution in [1.29, 1.82) is 0 Å². The van der Waals surface area contributed by atoms with Crippen LogP contribution in [0.5, 0.6) is 0 Å². The maximum absolute atomic E-state index is 14.3. The first-order valence-corrected chi connectivity index (χ1v) is 8.90. The predicted molar refractivity (Wildman–Crippen MR) is 96.1 cm³/mol. The fourth-order valence-corrected chi connectivity index (χ4v) is 3.09. The molecule has 1 aromatic heterocycles. The van der Waals surface area contributed by atoms with Crippen LogP contribution in [0.2, 0.25) is 0 Å². The Morgan fingerprint density at radius 2 is 1.93 bits per heavy atom. The molecule has 5 nitrogen and oxygen atoms in total. The van der Waals surface area contributed by atoms with Gasteiger partial charge in [0.1, 0.15) is 21.7 Å². The molecule has 2 atom stereocenters. The molecule has 148 valence electrons. The van der Waals surface area contributed by atoms with Crippen LogP contribution in [0.3, 0.4) is 0 Å². The first-order valence-electron chi connectivity index (χ1n) is 8.11. The molecule has 0 saturated carbocycles. The molecule has 0 aliphatic carbocycles. The third-order valence-corrected chi connectivity index (χ3v) is 4.57. The molecule has 2 aromatic rings. The standard InChI is InChI=1S/C18H14BrF4N3O2/c1-17(14-11(20)7-8-13(19)24-14)9-12(18(21,22)23)28-16(26-17)25-15(27)10-5-3-2-4-6-10/h2-8,12H,9H2,1H3,(H,25,26,27)/t12-,17-/m0/s1. The number of carbonyl (C=O) groups excluding carboxylic acids is 1. The van der Waals surface area contributed by atoms with E-state index in [1.54, 1.807) is 18.2 Å². The number of hydrogen-bond donors (Lipinski definition) is 1. The van der Waals surface area contributed by atoms with Crippen molar-refractivity contribution in [2.24, 2.45) is 4.99 Å². The Bertz CT molecular complexity index is 921. The lowest BCUT2D eigenvalue weighted by Gasteiger charge is -2.36. The highest BCUT2D eigenvalue weighted by Gasteiger charge is 2.51. The van der Waals surface area contributed by atoms with Gasteiger partial charge in [0.05, 0.1) is 0 Å². The molecule has 1 N–H and O–H groups in total. The molecule has 0 saturated heterocycles. The highest BCUT2D eigenvalue weighted by Crippen LogP contribution is 2.40. The molecule has 3 rings (SSSR count). The van der Waals surface area contributed by atoms with Gasteiger partial charge in [-0.25, -0.2) is 14.4 Å².